The highest BCUT2D eigenvalue weighted by Crippen LogP contribution is 2.09. The first-order valence-electron chi connectivity index (χ1n) is 5.31. The van der Waals surface area contributed by atoms with Gasteiger partial charge in [0.25, 0.3) is 0 Å². The predicted octanol–water partition coefficient (Wildman–Crippen LogP) is 1.65. The monoisotopic (exact) mass is 214 g/mol. The Morgan fingerprint density at radius 3 is 2.93 bits per heavy atom. The maximum Gasteiger partial charge on any atom is 0.336 e. The summed E-state index contributed by atoms with van der Waals surface area (Å²) >= 11 is 0. The van der Waals surface area contributed by atoms with Gasteiger partial charge >= 0.3 is 5.97 Å². The fourth-order valence-corrected chi connectivity index (χ4v) is 0.916. The van der Waals surface area contributed by atoms with E-state index in [0.29, 0.717) is 18.8 Å². The molecule has 1 heterocycles. The van der Waals surface area contributed by atoms with Gasteiger partial charge in [-0.05, 0) is 13.3 Å². The Labute approximate surface area is 90.2 Å². The minimum absolute atomic E-state index is 0.213. The fourth-order valence-electron chi connectivity index (χ4n) is 0.916. The Hall–Kier alpha value is -1.03. The molecule has 0 radical (unpaired) electrons. The molecule has 1 unspecified atom stereocenters. The van der Waals surface area contributed by atoms with Crippen molar-refractivity contribution in [3.05, 3.63) is 11.8 Å². The molecule has 1 aliphatic heterocycles. The molecular weight excluding hydrogens is 196 g/mol. The SMILES string of the molecule is CCCCOC(=O)/C(C)=C/OCC1CO1. The van der Waals surface area contributed by atoms with Crippen molar-refractivity contribution in [1.29, 1.82) is 0 Å². The van der Waals surface area contributed by atoms with Gasteiger partial charge in [0, 0.05) is 0 Å². The maximum atomic E-state index is 11.3. The van der Waals surface area contributed by atoms with E-state index in [-0.39, 0.29) is 12.1 Å². The van der Waals surface area contributed by atoms with Gasteiger partial charge in [0.05, 0.1) is 25.0 Å². The second kappa shape index (κ2) is 6.45. The first kappa shape index (κ1) is 12.0. The standard InChI is InChI=1S/C11H18O4/c1-3-4-5-14-11(12)9(2)6-13-7-10-8-15-10/h6,10H,3-5,7-8H2,1-2H3/b9-6+. The van der Waals surface area contributed by atoms with E-state index in [4.69, 9.17) is 14.2 Å². The molecule has 15 heavy (non-hydrogen) atoms. The van der Waals surface area contributed by atoms with Crippen molar-refractivity contribution < 1.29 is 19.0 Å². The van der Waals surface area contributed by atoms with Gasteiger partial charge in [-0.1, -0.05) is 13.3 Å². The van der Waals surface area contributed by atoms with Crippen molar-refractivity contribution in [2.24, 2.45) is 0 Å². The average Bonchev–Trinajstić information content (AvgIpc) is 3.02. The van der Waals surface area contributed by atoms with Crippen LogP contribution in [0.25, 0.3) is 0 Å². The van der Waals surface area contributed by atoms with E-state index in [0.717, 1.165) is 19.4 Å². The summed E-state index contributed by atoms with van der Waals surface area (Å²) in [5.41, 5.74) is 0.492. The summed E-state index contributed by atoms with van der Waals surface area (Å²) in [7, 11) is 0. The Morgan fingerprint density at radius 1 is 1.60 bits per heavy atom. The van der Waals surface area contributed by atoms with Gasteiger partial charge < -0.3 is 14.2 Å². The molecule has 1 atom stereocenters. The number of ether oxygens (including phenoxy) is 3. The van der Waals surface area contributed by atoms with Crippen LogP contribution in [0.3, 0.4) is 0 Å². The zero-order valence-electron chi connectivity index (χ0n) is 9.32. The average molecular weight is 214 g/mol. The Balaban J connectivity index is 2.11. The van der Waals surface area contributed by atoms with Crippen LogP contribution in [-0.2, 0) is 19.0 Å². The van der Waals surface area contributed by atoms with E-state index < -0.39 is 0 Å². The van der Waals surface area contributed by atoms with E-state index in [9.17, 15) is 4.79 Å². The summed E-state index contributed by atoms with van der Waals surface area (Å²) in [6.45, 7) is 5.48. The van der Waals surface area contributed by atoms with Gasteiger partial charge in [0.1, 0.15) is 12.7 Å². The quantitative estimate of drug-likeness (QED) is 0.212. The van der Waals surface area contributed by atoms with E-state index in [1.165, 1.54) is 6.26 Å². The van der Waals surface area contributed by atoms with Crippen LogP contribution in [0.15, 0.2) is 11.8 Å². The Morgan fingerprint density at radius 2 is 2.33 bits per heavy atom. The molecule has 1 rings (SSSR count). The summed E-state index contributed by atoms with van der Waals surface area (Å²) in [5.74, 6) is -0.305. The highest BCUT2D eigenvalue weighted by atomic mass is 16.6. The number of epoxide rings is 1. The van der Waals surface area contributed by atoms with Crippen LogP contribution in [0.2, 0.25) is 0 Å². The molecule has 1 fully saturated rings. The molecule has 0 saturated carbocycles. The third-order valence-corrected chi connectivity index (χ3v) is 2.00. The van der Waals surface area contributed by atoms with Gasteiger partial charge in [-0.2, -0.15) is 0 Å². The van der Waals surface area contributed by atoms with E-state index in [1.54, 1.807) is 6.92 Å². The molecule has 4 nitrogen and oxygen atoms in total. The molecule has 0 spiro atoms. The van der Waals surface area contributed by atoms with Crippen molar-refractivity contribution in [1.82, 2.24) is 0 Å². The van der Waals surface area contributed by atoms with E-state index >= 15 is 0 Å². The lowest BCUT2D eigenvalue weighted by Crippen LogP contribution is -2.08. The third kappa shape index (κ3) is 5.42. The summed E-state index contributed by atoms with van der Waals surface area (Å²) in [5, 5.41) is 0. The molecule has 0 aromatic heterocycles. The Kier molecular flexibility index (Phi) is 5.18. The van der Waals surface area contributed by atoms with Crippen molar-refractivity contribution in [2.45, 2.75) is 32.8 Å². The maximum absolute atomic E-state index is 11.3. The van der Waals surface area contributed by atoms with E-state index in [1.807, 2.05) is 0 Å². The van der Waals surface area contributed by atoms with Gasteiger partial charge in [-0.15, -0.1) is 0 Å². The summed E-state index contributed by atoms with van der Waals surface area (Å²) in [6.07, 6.45) is 3.57. The first-order valence-corrected chi connectivity index (χ1v) is 5.31. The molecule has 0 N–H and O–H groups in total. The molecule has 0 aliphatic carbocycles. The molecule has 86 valence electrons. The molecule has 0 aromatic carbocycles. The molecular formula is C11H18O4. The largest absolute Gasteiger partial charge is 0.498 e. The van der Waals surface area contributed by atoms with Crippen LogP contribution >= 0.6 is 0 Å². The van der Waals surface area contributed by atoms with Crippen molar-refractivity contribution in [2.75, 3.05) is 19.8 Å². The molecule has 0 aromatic rings. The van der Waals surface area contributed by atoms with Crippen molar-refractivity contribution in [3.8, 4) is 0 Å². The first-order chi connectivity index (χ1) is 7.24. The van der Waals surface area contributed by atoms with Crippen molar-refractivity contribution >= 4 is 5.97 Å². The second-order valence-corrected chi connectivity index (χ2v) is 3.58. The number of carbonyl (C=O) groups excluding carboxylic acids is 1. The molecule has 0 bridgehead atoms. The number of esters is 1. The van der Waals surface area contributed by atoms with Gasteiger partial charge in [-0.3, -0.25) is 0 Å². The van der Waals surface area contributed by atoms with Crippen LogP contribution in [-0.4, -0.2) is 31.9 Å². The topological polar surface area (TPSA) is 48.1 Å². The van der Waals surface area contributed by atoms with Crippen LogP contribution in [0, 0.1) is 0 Å². The van der Waals surface area contributed by atoms with Crippen LogP contribution in [0.1, 0.15) is 26.7 Å². The zero-order valence-corrected chi connectivity index (χ0v) is 9.32. The number of hydrogen-bond acceptors (Lipinski definition) is 4. The van der Waals surface area contributed by atoms with Gasteiger partial charge in [0.2, 0.25) is 0 Å². The van der Waals surface area contributed by atoms with Gasteiger partial charge in [-0.25, -0.2) is 4.79 Å². The third-order valence-electron chi connectivity index (χ3n) is 2.00. The number of carbonyl (C=O) groups is 1. The van der Waals surface area contributed by atoms with Crippen molar-refractivity contribution in [3.63, 3.8) is 0 Å². The minimum atomic E-state index is -0.305. The summed E-state index contributed by atoms with van der Waals surface area (Å²) in [4.78, 5) is 11.3. The zero-order chi connectivity index (χ0) is 11.1. The number of hydrogen-bond donors (Lipinski definition) is 0. The molecule has 4 heteroatoms. The van der Waals surface area contributed by atoms with Crippen LogP contribution in [0.5, 0.6) is 0 Å². The minimum Gasteiger partial charge on any atom is -0.498 e. The second-order valence-electron chi connectivity index (χ2n) is 3.58. The highest BCUT2D eigenvalue weighted by Gasteiger charge is 2.22. The molecule has 1 saturated heterocycles. The molecule has 1 aliphatic rings. The molecule has 0 amide bonds. The number of rotatable bonds is 7. The van der Waals surface area contributed by atoms with Crippen LogP contribution < -0.4 is 0 Å². The fraction of sp³-hybridized carbons (Fsp3) is 0.727. The predicted molar refractivity (Wildman–Crippen MR) is 55.3 cm³/mol. The summed E-state index contributed by atoms with van der Waals surface area (Å²) in [6, 6.07) is 0. The van der Waals surface area contributed by atoms with E-state index in [2.05, 4.69) is 6.92 Å². The summed E-state index contributed by atoms with van der Waals surface area (Å²) < 4.78 is 15.1. The lowest BCUT2D eigenvalue weighted by Gasteiger charge is -2.04. The lowest BCUT2D eigenvalue weighted by atomic mass is 10.3. The highest BCUT2D eigenvalue weighted by molar-refractivity contribution is 5.87. The Bertz CT molecular complexity index is 231. The van der Waals surface area contributed by atoms with Crippen LogP contribution in [0.4, 0.5) is 0 Å². The normalized spacial score (nSPS) is 19.9. The smallest absolute Gasteiger partial charge is 0.336 e. The number of unbranched alkanes of at least 4 members (excludes halogenated alkanes) is 1. The van der Waals surface area contributed by atoms with Gasteiger partial charge in [0.15, 0.2) is 0 Å². The lowest BCUT2D eigenvalue weighted by molar-refractivity contribution is -0.139.